The van der Waals surface area contributed by atoms with E-state index in [-0.39, 0.29) is 12.3 Å². The molecule has 7 nitrogen and oxygen atoms in total. The summed E-state index contributed by atoms with van der Waals surface area (Å²) in [5.74, 6) is 0.460. The fourth-order valence-corrected chi connectivity index (χ4v) is 2.35. The summed E-state index contributed by atoms with van der Waals surface area (Å²) in [5, 5.41) is 0. The largest absolute Gasteiger partial charge is 0.494 e. The Kier molecular flexibility index (Phi) is 4.94. The molecule has 1 aromatic heterocycles. The molecule has 0 aliphatic rings. The topological polar surface area (TPSA) is 96.1 Å². The molecule has 0 aliphatic carbocycles. The lowest BCUT2D eigenvalue weighted by Crippen LogP contribution is -2.42. The summed E-state index contributed by atoms with van der Waals surface area (Å²) in [6.07, 6.45) is 0.0399. The van der Waals surface area contributed by atoms with Gasteiger partial charge >= 0.3 is 0 Å². The summed E-state index contributed by atoms with van der Waals surface area (Å²) in [7, 11) is 0. The van der Waals surface area contributed by atoms with E-state index in [1.165, 1.54) is 0 Å². The average molecular weight is 338 g/mol. The first kappa shape index (κ1) is 16.5. The minimum Gasteiger partial charge on any atom is -0.494 e. The lowest BCUT2D eigenvalue weighted by molar-refractivity contribution is -0.121. The number of hydrazine groups is 1. The zero-order chi connectivity index (χ0) is 17.6. The summed E-state index contributed by atoms with van der Waals surface area (Å²) < 4.78 is 5.32. The Hall–Kier alpha value is -3.35. The van der Waals surface area contributed by atoms with Crippen LogP contribution in [-0.4, -0.2) is 28.4 Å². The molecule has 2 aromatic carbocycles. The Balaban J connectivity index is 1.53. The van der Waals surface area contributed by atoms with E-state index in [1.807, 2.05) is 31.2 Å². The Morgan fingerprint density at radius 2 is 1.84 bits per heavy atom. The number of benzene rings is 2. The van der Waals surface area contributed by atoms with E-state index in [2.05, 4.69) is 20.8 Å². The average Bonchev–Trinajstić information content (AvgIpc) is 3.02. The summed E-state index contributed by atoms with van der Waals surface area (Å²) >= 11 is 0. The van der Waals surface area contributed by atoms with Crippen molar-refractivity contribution in [3.63, 3.8) is 0 Å². The first-order valence-electron chi connectivity index (χ1n) is 7.91. The van der Waals surface area contributed by atoms with Crippen molar-refractivity contribution in [1.82, 2.24) is 20.8 Å². The zero-order valence-electron chi connectivity index (χ0n) is 13.7. The van der Waals surface area contributed by atoms with Crippen LogP contribution in [0.5, 0.6) is 5.75 Å². The highest BCUT2D eigenvalue weighted by atomic mass is 16.5. The first-order chi connectivity index (χ1) is 12.2. The summed E-state index contributed by atoms with van der Waals surface area (Å²) in [5.41, 5.74) is 6.85. The molecule has 0 saturated heterocycles. The smallest absolute Gasteiger partial charge is 0.269 e. The maximum Gasteiger partial charge on any atom is 0.269 e. The maximum absolute atomic E-state index is 12.0. The van der Waals surface area contributed by atoms with Crippen molar-refractivity contribution in [2.75, 3.05) is 6.61 Å². The number of nitrogens with zero attached hydrogens (tertiary/aromatic N) is 1. The highest BCUT2D eigenvalue weighted by Crippen LogP contribution is 2.12. The van der Waals surface area contributed by atoms with Gasteiger partial charge < -0.3 is 9.72 Å². The van der Waals surface area contributed by atoms with Crippen LogP contribution < -0.4 is 15.6 Å². The SMILES string of the molecule is CCOc1ccc(C(=O)NNC(=O)Cc2nc3ccccc3[nH]2)cc1. The van der Waals surface area contributed by atoms with E-state index >= 15 is 0 Å². The highest BCUT2D eigenvalue weighted by Gasteiger charge is 2.10. The van der Waals surface area contributed by atoms with Gasteiger partial charge in [0.2, 0.25) is 5.91 Å². The molecule has 3 N–H and O–H groups in total. The number of aromatic amines is 1. The molecular weight excluding hydrogens is 320 g/mol. The number of hydrogen-bond donors (Lipinski definition) is 3. The van der Waals surface area contributed by atoms with Crippen LogP contribution >= 0.6 is 0 Å². The van der Waals surface area contributed by atoms with Crippen molar-refractivity contribution in [2.24, 2.45) is 0 Å². The van der Waals surface area contributed by atoms with E-state index in [0.717, 1.165) is 11.0 Å². The third-order valence-electron chi connectivity index (χ3n) is 3.51. The van der Waals surface area contributed by atoms with Gasteiger partial charge in [-0.15, -0.1) is 0 Å². The number of H-pyrrole nitrogens is 1. The van der Waals surface area contributed by atoms with Gasteiger partial charge in [0, 0.05) is 5.56 Å². The molecule has 1 heterocycles. The standard InChI is InChI=1S/C18H18N4O3/c1-2-25-13-9-7-12(8-10-13)18(24)22-21-17(23)11-16-19-14-5-3-4-6-15(14)20-16/h3-10H,2,11H2,1H3,(H,19,20)(H,21,23)(H,22,24). The number of ether oxygens (including phenoxy) is 1. The molecular formula is C18H18N4O3. The molecule has 2 amide bonds. The molecule has 7 heteroatoms. The number of nitrogens with one attached hydrogen (secondary N) is 3. The third kappa shape index (κ3) is 4.14. The summed E-state index contributed by atoms with van der Waals surface area (Å²) in [6.45, 7) is 2.45. The van der Waals surface area contributed by atoms with E-state index < -0.39 is 5.91 Å². The molecule has 25 heavy (non-hydrogen) atoms. The molecule has 0 saturated carbocycles. The van der Waals surface area contributed by atoms with Crippen LogP contribution in [0.3, 0.4) is 0 Å². The number of aromatic nitrogens is 2. The van der Waals surface area contributed by atoms with Crippen molar-refractivity contribution in [3.8, 4) is 5.75 Å². The van der Waals surface area contributed by atoms with Crippen molar-refractivity contribution in [2.45, 2.75) is 13.3 Å². The molecule has 0 aliphatic heterocycles. The lowest BCUT2D eigenvalue weighted by atomic mass is 10.2. The van der Waals surface area contributed by atoms with Crippen LogP contribution in [0, 0.1) is 0 Å². The molecule has 0 radical (unpaired) electrons. The molecule has 0 fully saturated rings. The predicted molar refractivity (Wildman–Crippen MR) is 93.0 cm³/mol. The van der Waals surface area contributed by atoms with Gasteiger partial charge in [0.15, 0.2) is 0 Å². The lowest BCUT2D eigenvalue weighted by Gasteiger charge is -2.07. The summed E-state index contributed by atoms with van der Waals surface area (Å²) in [6, 6.07) is 14.2. The number of para-hydroxylation sites is 2. The molecule has 128 valence electrons. The number of imidazole rings is 1. The van der Waals surface area contributed by atoms with Crippen molar-refractivity contribution >= 4 is 22.8 Å². The van der Waals surface area contributed by atoms with Crippen molar-refractivity contribution in [3.05, 3.63) is 59.9 Å². The van der Waals surface area contributed by atoms with Gasteiger partial charge in [0.1, 0.15) is 11.6 Å². The Morgan fingerprint density at radius 1 is 1.08 bits per heavy atom. The Bertz CT molecular complexity index is 854. The van der Waals surface area contributed by atoms with Gasteiger partial charge in [-0.3, -0.25) is 20.4 Å². The molecule has 0 unspecified atom stereocenters. The van der Waals surface area contributed by atoms with Gasteiger partial charge in [-0.1, -0.05) is 12.1 Å². The molecule has 3 rings (SSSR count). The van der Waals surface area contributed by atoms with Crippen LogP contribution in [0.25, 0.3) is 11.0 Å². The number of carbonyl (C=O) groups excluding carboxylic acids is 2. The predicted octanol–water partition coefficient (Wildman–Crippen LogP) is 1.97. The molecule has 0 atom stereocenters. The molecule has 0 spiro atoms. The maximum atomic E-state index is 12.0. The van der Waals surface area contributed by atoms with Crippen LogP contribution in [0.15, 0.2) is 48.5 Å². The summed E-state index contributed by atoms with van der Waals surface area (Å²) in [4.78, 5) is 31.4. The van der Waals surface area contributed by atoms with Gasteiger partial charge in [-0.25, -0.2) is 4.98 Å². The fourth-order valence-electron chi connectivity index (χ4n) is 2.35. The van der Waals surface area contributed by atoms with Crippen molar-refractivity contribution < 1.29 is 14.3 Å². The quantitative estimate of drug-likeness (QED) is 0.620. The van der Waals surface area contributed by atoms with Crippen LogP contribution in [0.4, 0.5) is 0 Å². The van der Waals surface area contributed by atoms with Gasteiger partial charge in [0.05, 0.1) is 24.1 Å². The number of rotatable bonds is 5. The van der Waals surface area contributed by atoms with Crippen LogP contribution in [0.2, 0.25) is 0 Å². The highest BCUT2D eigenvalue weighted by molar-refractivity contribution is 5.95. The molecule has 0 bridgehead atoms. The van der Waals surface area contributed by atoms with Crippen molar-refractivity contribution in [1.29, 1.82) is 0 Å². The monoisotopic (exact) mass is 338 g/mol. The minimum atomic E-state index is -0.402. The Labute approximate surface area is 144 Å². The van der Waals surface area contributed by atoms with E-state index in [1.54, 1.807) is 24.3 Å². The third-order valence-corrected chi connectivity index (χ3v) is 3.51. The number of amides is 2. The zero-order valence-corrected chi connectivity index (χ0v) is 13.7. The minimum absolute atomic E-state index is 0.0399. The second kappa shape index (κ2) is 7.48. The fraction of sp³-hybridized carbons (Fsp3) is 0.167. The van der Waals surface area contributed by atoms with Crippen LogP contribution in [0.1, 0.15) is 23.1 Å². The number of fused-ring (bicyclic) bond motifs is 1. The van der Waals surface area contributed by atoms with E-state index in [9.17, 15) is 9.59 Å². The second-order valence-corrected chi connectivity index (χ2v) is 5.34. The normalized spacial score (nSPS) is 10.4. The molecule has 3 aromatic rings. The number of hydrogen-bond acceptors (Lipinski definition) is 4. The van der Waals surface area contributed by atoms with Gasteiger partial charge in [0.25, 0.3) is 5.91 Å². The number of carbonyl (C=O) groups is 2. The second-order valence-electron chi connectivity index (χ2n) is 5.34. The van der Waals surface area contributed by atoms with E-state index in [4.69, 9.17) is 4.74 Å². The van der Waals surface area contributed by atoms with Crippen LogP contribution in [-0.2, 0) is 11.2 Å². The van der Waals surface area contributed by atoms with E-state index in [0.29, 0.717) is 23.7 Å². The first-order valence-corrected chi connectivity index (χ1v) is 7.91. The van der Waals surface area contributed by atoms with Gasteiger partial charge in [-0.2, -0.15) is 0 Å². The Morgan fingerprint density at radius 3 is 2.56 bits per heavy atom. The van der Waals surface area contributed by atoms with Gasteiger partial charge in [-0.05, 0) is 43.3 Å².